The summed E-state index contributed by atoms with van der Waals surface area (Å²) >= 11 is 0. The maximum atomic E-state index is 12.2. The number of nitrogens with one attached hydrogen (secondary N) is 1. The maximum Gasteiger partial charge on any atom is 0.274 e. The largest absolute Gasteiger partial charge is 0.356 e. The van der Waals surface area contributed by atoms with Gasteiger partial charge >= 0.3 is 0 Å². The summed E-state index contributed by atoms with van der Waals surface area (Å²) in [5, 5.41) is 17.7. The fourth-order valence-electron chi connectivity index (χ4n) is 2.61. The first kappa shape index (κ1) is 17.3. The van der Waals surface area contributed by atoms with Gasteiger partial charge in [-0.05, 0) is 12.5 Å². The number of aryl methyl sites for hydroxylation is 1. The van der Waals surface area contributed by atoms with E-state index in [1.807, 2.05) is 37.3 Å². The second-order valence-electron chi connectivity index (χ2n) is 5.73. The Balaban J connectivity index is 1.69. The summed E-state index contributed by atoms with van der Waals surface area (Å²) in [5.74, 6) is 0.257. The smallest absolute Gasteiger partial charge is 0.274 e. The highest BCUT2D eigenvalue weighted by Gasteiger charge is 2.15. The third-order valence-corrected chi connectivity index (χ3v) is 3.91. The molecule has 0 bridgehead atoms. The van der Waals surface area contributed by atoms with Crippen molar-refractivity contribution in [3.05, 3.63) is 76.0 Å². The molecule has 0 atom stereocenters. The zero-order chi connectivity index (χ0) is 18.5. The van der Waals surface area contributed by atoms with Crippen LogP contribution in [0.2, 0.25) is 0 Å². The van der Waals surface area contributed by atoms with Gasteiger partial charge in [-0.1, -0.05) is 48.5 Å². The number of nitrogens with zero attached hydrogens (tertiary/aromatic N) is 2. The van der Waals surface area contributed by atoms with Crippen LogP contribution in [0.3, 0.4) is 0 Å². The van der Waals surface area contributed by atoms with E-state index in [1.165, 1.54) is 6.07 Å². The number of nitro groups is 1. The van der Waals surface area contributed by atoms with Crippen LogP contribution in [0.1, 0.15) is 18.2 Å². The van der Waals surface area contributed by atoms with Crippen molar-refractivity contribution in [1.82, 2.24) is 5.16 Å². The Bertz CT molecular complexity index is 935. The lowest BCUT2D eigenvalue weighted by atomic mass is 10.1. The van der Waals surface area contributed by atoms with Crippen LogP contribution in [-0.4, -0.2) is 16.0 Å². The van der Waals surface area contributed by atoms with Gasteiger partial charge in [-0.2, -0.15) is 0 Å². The molecular formula is C19H17N3O4. The molecule has 3 rings (SSSR count). The molecule has 0 aliphatic heterocycles. The molecular weight excluding hydrogens is 334 g/mol. The first-order valence-corrected chi connectivity index (χ1v) is 8.15. The van der Waals surface area contributed by atoms with Crippen molar-refractivity contribution in [2.75, 3.05) is 5.32 Å². The molecule has 1 aromatic heterocycles. The zero-order valence-electron chi connectivity index (χ0n) is 14.1. The molecule has 0 unspecified atom stereocenters. The minimum absolute atomic E-state index is 0.00176. The number of carbonyl (C=O) groups is 1. The zero-order valence-corrected chi connectivity index (χ0v) is 14.1. The Kier molecular flexibility index (Phi) is 5.07. The number of hydrogen-bond acceptors (Lipinski definition) is 5. The third kappa shape index (κ3) is 3.94. The van der Waals surface area contributed by atoms with Crippen LogP contribution in [-0.2, 0) is 17.6 Å². The molecule has 26 heavy (non-hydrogen) atoms. The molecule has 0 aliphatic rings. The van der Waals surface area contributed by atoms with E-state index in [0.29, 0.717) is 29.1 Å². The standard InChI is InChI=1S/C19H17N3O4/c1-2-13-8-9-15(10-17(13)22(24)25)20-19(23)12-16-11-18(26-21-16)14-6-4-3-5-7-14/h3-11H,2,12H2,1H3,(H,20,23). The number of anilines is 1. The molecule has 132 valence electrons. The Morgan fingerprint density at radius 1 is 1.19 bits per heavy atom. The summed E-state index contributed by atoms with van der Waals surface area (Å²) < 4.78 is 5.26. The number of carbonyl (C=O) groups excluding carboxylic acids is 1. The van der Waals surface area contributed by atoms with Crippen molar-refractivity contribution in [3.8, 4) is 11.3 Å². The molecule has 0 fully saturated rings. The molecule has 0 aliphatic carbocycles. The Morgan fingerprint density at radius 2 is 1.96 bits per heavy atom. The lowest BCUT2D eigenvalue weighted by Gasteiger charge is -2.06. The molecule has 1 N–H and O–H groups in total. The third-order valence-electron chi connectivity index (χ3n) is 3.91. The highest BCUT2D eigenvalue weighted by Crippen LogP contribution is 2.24. The molecule has 3 aromatic rings. The van der Waals surface area contributed by atoms with Crippen molar-refractivity contribution in [1.29, 1.82) is 0 Å². The van der Waals surface area contributed by atoms with Crippen molar-refractivity contribution in [2.24, 2.45) is 0 Å². The SMILES string of the molecule is CCc1ccc(NC(=O)Cc2cc(-c3ccccc3)on2)cc1[N+](=O)[O-]. The minimum atomic E-state index is -0.446. The van der Waals surface area contributed by atoms with Crippen molar-refractivity contribution in [2.45, 2.75) is 19.8 Å². The number of benzene rings is 2. The molecule has 0 spiro atoms. The molecule has 0 saturated carbocycles. The average Bonchev–Trinajstić information content (AvgIpc) is 3.10. The van der Waals surface area contributed by atoms with Crippen molar-refractivity contribution < 1.29 is 14.2 Å². The van der Waals surface area contributed by atoms with Gasteiger partial charge in [0.05, 0.1) is 17.0 Å². The summed E-state index contributed by atoms with van der Waals surface area (Å²) in [7, 11) is 0. The van der Waals surface area contributed by atoms with Crippen molar-refractivity contribution >= 4 is 17.3 Å². The molecule has 1 heterocycles. The van der Waals surface area contributed by atoms with E-state index in [2.05, 4.69) is 10.5 Å². The lowest BCUT2D eigenvalue weighted by molar-refractivity contribution is -0.385. The number of nitro benzene ring substituents is 1. The van der Waals surface area contributed by atoms with Crippen LogP contribution in [0.15, 0.2) is 59.1 Å². The predicted octanol–water partition coefficient (Wildman–Crippen LogP) is 3.99. The van der Waals surface area contributed by atoms with E-state index in [1.54, 1.807) is 18.2 Å². The van der Waals surface area contributed by atoms with Gasteiger partial charge in [-0.25, -0.2) is 0 Å². The van der Waals surface area contributed by atoms with E-state index < -0.39 is 4.92 Å². The minimum Gasteiger partial charge on any atom is -0.356 e. The molecule has 2 aromatic carbocycles. The normalized spacial score (nSPS) is 10.5. The number of amides is 1. The molecule has 7 nitrogen and oxygen atoms in total. The first-order chi connectivity index (χ1) is 12.6. The molecule has 0 radical (unpaired) electrons. The van der Waals surface area contributed by atoms with Gasteiger partial charge in [0.1, 0.15) is 0 Å². The van der Waals surface area contributed by atoms with Crippen LogP contribution in [0, 0.1) is 10.1 Å². The van der Waals surface area contributed by atoms with Gasteiger partial charge in [-0.3, -0.25) is 14.9 Å². The maximum absolute atomic E-state index is 12.2. The van der Waals surface area contributed by atoms with Gasteiger partial charge < -0.3 is 9.84 Å². The van der Waals surface area contributed by atoms with Gasteiger partial charge in [0.2, 0.25) is 5.91 Å². The van der Waals surface area contributed by atoms with Gasteiger partial charge in [-0.15, -0.1) is 0 Å². The summed E-state index contributed by atoms with van der Waals surface area (Å²) in [6.45, 7) is 1.84. The average molecular weight is 351 g/mol. The summed E-state index contributed by atoms with van der Waals surface area (Å²) in [5.41, 5.74) is 2.36. The number of aromatic nitrogens is 1. The molecule has 7 heteroatoms. The van der Waals surface area contributed by atoms with Crippen LogP contribution >= 0.6 is 0 Å². The lowest BCUT2D eigenvalue weighted by Crippen LogP contribution is -2.14. The second kappa shape index (κ2) is 7.60. The first-order valence-electron chi connectivity index (χ1n) is 8.15. The number of hydrogen-bond donors (Lipinski definition) is 1. The van der Waals surface area contributed by atoms with E-state index in [0.717, 1.165) is 5.56 Å². The van der Waals surface area contributed by atoms with Crippen LogP contribution in [0.5, 0.6) is 0 Å². The Labute approximate surface area is 149 Å². The summed E-state index contributed by atoms with van der Waals surface area (Å²) in [6, 6.07) is 15.8. The van der Waals surface area contributed by atoms with E-state index in [-0.39, 0.29) is 18.0 Å². The topological polar surface area (TPSA) is 98.3 Å². The predicted molar refractivity (Wildman–Crippen MR) is 96.7 cm³/mol. The fourth-order valence-corrected chi connectivity index (χ4v) is 2.61. The van der Waals surface area contributed by atoms with E-state index >= 15 is 0 Å². The van der Waals surface area contributed by atoms with Gasteiger partial charge in [0.15, 0.2) is 5.76 Å². The highest BCUT2D eigenvalue weighted by atomic mass is 16.6. The molecule has 1 amide bonds. The fraction of sp³-hybridized carbons (Fsp3) is 0.158. The van der Waals surface area contributed by atoms with Crippen LogP contribution in [0.4, 0.5) is 11.4 Å². The Hall–Kier alpha value is -3.48. The van der Waals surface area contributed by atoms with E-state index in [9.17, 15) is 14.9 Å². The van der Waals surface area contributed by atoms with Gasteiger partial charge in [0.25, 0.3) is 5.69 Å². The Morgan fingerprint density at radius 3 is 2.65 bits per heavy atom. The van der Waals surface area contributed by atoms with E-state index in [4.69, 9.17) is 4.52 Å². The van der Waals surface area contributed by atoms with Crippen LogP contribution in [0.25, 0.3) is 11.3 Å². The quantitative estimate of drug-likeness (QED) is 0.535. The number of rotatable bonds is 6. The summed E-state index contributed by atoms with van der Waals surface area (Å²) in [6.07, 6.45) is 0.561. The van der Waals surface area contributed by atoms with Crippen molar-refractivity contribution in [3.63, 3.8) is 0 Å². The van der Waals surface area contributed by atoms with Crippen LogP contribution < -0.4 is 5.32 Å². The summed E-state index contributed by atoms with van der Waals surface area (Å²) in [4.78, 5) is 22.9. The molecule has 0 saturated heterocycles. The monoisotopic (exact) mass is 351 g/mol. The van der Waals surface area contributed by atoms with Gasteiger partial charge in [0, 0.05) is 28.9 Å². The second-order valence-corrected chi connectivity index (χ2v) is 5.73. The highest BCUT2D eigenvalue weighted by molar-refractivity contribution is 5.92.